The predicted molar refractivity (Wildman–Crippen MR) is 122 cm³/mol. The molecule has 160 valence electrons. The Kier molecular flexibility index (Phi) is 3.85. The van der Waals surface area contributed by atoms with Gasteiger partial charge in [0.05, 0.1) is 24.0 Å². The van der Waals surface area contributed by atoms with Crippen LogP contribution >= 0.6 is 0 Å². The van der Waals surface area contributed by atoms with Crippen molar-refractivity contribution in [3.8, 4) is 0 Å². The summed E-state index contributed by atoms with van der Waals surface area (Å²) >= 11 is 0. The fourth-order valence-electron chi connectivity index (χ4n) is 6.57. The molecule has 2 heterocycles. The molecule has 2 saturated carbocycles. The number of nitrogens with zero attached hydrogens (tertiary/aromatic N) is 2. The van der Waals surface area contributed by atoms with Crippen molar-refractivity contribution in [2.75, 3.05) is 17.3 Å². The highest BCUT2D eigenvalue weighted by Crippen LogP contribution is 2.64. The number of fused-ring (bicyclic) bond motifs is 9. The smallest absolute Gasteiger partial charge is 0.251 e. The third-order valence-corrected chi connectivity index (χ3v) is 8.63. The molecule has 1 aromatic heterocycles. The minimum absolute atomic E-state index is 0.148. The lowest BCUT2D eigenvalue weighted by Crippen LogP contribution is -2.35. The molecular weight excluding hydrogens is 410 g/mol. The number of hydrogen-bond acceptors (Lipinski definition) is 6. The van der Waals surface area contributed by atoms with E-state index >= 15 is 0 Å². The number of benzene rings is 2. The zero-order valence-corrected chi connectivity index (χ0v) is 18.1. The number of nitrogens with one attached hydrogen (secondary N) is 2. The SMILES string of the molecule is CS(=O)(=O)n1ncc2c3c(ccc21)N[C@@H](c1ccc(N)c(C=N)c1)[C@@H]1C2CCC(C2)C31. The van der Waals surface area contributed by atoms with Gasteiger partial charge in [0.15, 0.2) is 0 Å². The number of nitrogen functional groups attached to an aromatic ring is 1. The topological polar surface area (TPSA) is 114 Å². The summed E-state index contributed by atoms with van der Waals surface area (Å²) in [5.74, 6) is 2.06. The Balaban J connectivity index is 1.55. The zero-order chi connectivity index (χ0) is 21.5. The van der Waals surface area contributed by atoms with E-state index in [1.54, 1.807) is 6.20 Å². The first-order valence-corrected chi connectivity index (χ1v) is 12.6. The van der Waals surface area contributed by atoms with Crippen LogP contribution in [0.1, 0.15) is 47.9 Å². The van der Waals surface area contributed by atoms with Gasteiger partial charge in [0.2, 0.25) is 0 Å². The van der Waals surface area contributed by atoms with Crippen molar-refractivity contribution in [3.63, 3.8) is 0 Å². The van der Waals surface area contributed by atoms with Crippen molar-refractivity contribution < 1.29 is 8.42 Å². The van der Waals surface area contributed by atoms with E-state index in [-0.39, 0.29) is 6.04 Å². The van der Waals surface area contributed by atoms with Crippen LogP contribution in [0.3, 0.4) is 0 Å². The molecule has 7 nitrogen and oxygen atoms in total. The third-order valence-electron chi connectivity index (χ3n) is 7.71. The fourth-order valence-corrected chi connectivity index (χ4v) is 7.31. The predicted octanol–water partition coefficient (Wildman–Crippen LogP) is 3.72. The molecule has 0 spiro atoms. The summed E-state index contributed by atoms with van der Waals surface area (Å²) in [6.45, 7) is 0. The molecule has 6 rings (SSSR count). The van der Waals surface area contributed by atoms with Gasteiger partial charge in [0.1, 0.15) is 0 Å². The minimum atomic E-state index is -3.46. The second-order valence-electron chi connectivity index (χ2n) is 9.30. The van der Waals surface area contributed by atoms with Gasteiger partial charge in [-0.05, 0) is 78.3 Å². The molecule has 4 N–H and O–H groups in total. The number of aromatic nitrogens is 2. The summed E-state index contributed by atoms with van der Waals surface area (Å²) < 4.78 is 25.6. The van der Waals surface area contributed by atoms with E-state index in [0.717, 1.165) is 26.3 Å². The van der Waals surface area contributed by atoms with Crippen LogP contribution in [0.2, 0.25) is 0 Å². The maximum absolute atomic E-state index is 12.2. The van der Waals surface area contributed by atoms with Gasteiger partial charge in [-0.25, -0.2) is 8.42 Å². The molecule has 2 fully saturated rings. The summed E-state index contributed by atoms with van der Waals surface area (Å²) in [5.41, 5.74) is 11.5. The largest absolute Gasteiger partial charge is 0.398 e. The number of hydrogen-bond donors (Lipinski definition) is 3. The second kappa shape index (κ2) is 6.32. The molecule has 3 aliphatic rings. The van der Waals surface area contributed by atoms with E-state index < -0.39 is 10.0 Å². The Hall–Kier alpha value is -2.87. The summed E-state index contributed by atoms with van der Waals surface area (Å²) in [7, 11) is -3.46. The maximum atomic E-state index is 12.2. The van der Waals surface area contributed by atoms with Crippen LogP contribution in [-0.2, 0) is 10.0 Å². The number of nitrogens with two attached hydrogens (primary N) is 1. The quantitative estimate of drug-likeness (QED) is 0.429. The molecule has 2 bridgehead atoms. The zero-order valence-electron chi connectivity index (χ0n) is 17.2. The monoisotopic (exact) mass is 435 g/mol. The first kappa shape index (κ1) is 18.9. The van der Waals surface area contributed by atoms with Gasteiger partial charge in [-0.2, -0.15) is 9.19 Å². The van der Waals surface area contributed by atoms with Crippen molar-refractivity contribution in [2.45, 2.75) is 31.2 Å². The van der Waals surface area contributed by atoms with Crippen molar-refractivity contribution in [1.82, 2.24) is 9.19 Å². The van der Waals surface area contributed by atoms with Crippen LogP contribution in [0.4, 0.5) is 11.4 Å². The van der Waals surface area contributed by atoms with Crippen molar-refractivity contribution in [3.05, 3.63) is 53.2 Å². The minimum Gasteiger partial charge on any atom is -0.398 e. The van der Waals surface area contributed by atoms with Crippen LogP contribution in [0.25, 0.3) is 10.9 Å². The lowest BCUT2D eigenvalue weighted by Gasteiger charge is -2.44. The van der Waals surface area contributed by atoms with Crippen molar-refractivity contribution >= 4 is 38.5 Å². The van der Waals surface area contributed by atoms with E-state index in [9.17, 15) is 8.42 Å². The Labute approximate surface area is 181 Å². The lowest BCUT2D eigenvalue weighted by molar-refractivity contribution is 0.249. The van der Waals surface area contributed by atoms with Gasteiger partial charge in [-0.3, -0.25) is 0 Å². The van der Waals surface area contributed by atoms with Gasteiger partial charge in [0, 0.05) is 28.5 Å². The van der Waals surface area contributed by atoms with Gasteiger partial charge in [-0.15, -0.1) is 0 Å². The lowest BCUT2D eigenvalue weighted by atomic mass is 9.67. The molecule has 2 aliphatic carbocycles. The molecule has 8 heteroatoms. The number of rotatable bonds is 3. The maximum Gasteiger partial charge on any atom is 0.251 e. The van der Waals surface area contributed by atoms with E-state index in [0.29, 0.717) is 34.9 Å². The normalized spacial score (nSPS) is 28.9. The van der Waals surface area contributed by atoms with E-state index in [1.165, 1.54) is 37.3 Å². The number of anilines is 2. The summed E-state index contributed by atoms with van der Waals surface area (Å²) in [5, 5.41) is 16.6. The summed E-state index contributed by atoms with van der Waals surface area (Å²) in [6.07, 6.45) is 7.91. The standard InChI is InChI=1S/C23H25N5O2S/c1-31(29,30)28-19-7-6-18-22(16(19)11-26-28)20-12-2-3-13(8-12)21(20)23(27-18)14-4-5-17(25)15(9-14)10-24/h4-7,9-13,20-21,23-24,27H,2-3,8,25H2,1H3/t12?,13?,20?,21-,23+/m1/s1. The molecule has 31 heavy (non-hydrogen) atoms. The Morgan fingerprint density at radius 3 is 2.81 bits per heavy atom. The van der Waals surface area contributed by atoms with Gasteiger partial charge >= 0.3 is 0 Å². The third kappa shape index (κ3) is 2.60. The Morgan fingerprint density at radius 2 is 2.03 bits per heavy atom. The van der Waals surface area contributed by atoms with E-state index in [4.69, 9.17) is 11.1 Å². The van der Waals surface area contributed by atoms with Crippen LogP contribution < -0.4 is 11.1 Å². The van der Waals surface area contributed by atoms with Crippen LogP contribution in [0.15, 0.2) is 36.5 Å². The highest BCUT2D eigenvalue weighted by Gasteiger charge is 2.54. The van der Waals surface area contributed by atoms with E-state index in [2.05, 4.69) is 16.5 Å². The molecule has 3 unspecified atom stereocenters. The molecule has 5 atom stereocenters. The second-order valence-corrected chi connectivity index (χ2v) is 11.1. The molecule has 3 aromatic rings. The molecule has 1 aliphatic heterocycles. The van der Waals surface area contributed by atoms with Crippen LogP contribution in [0.5, 0.6) is 0 Å². The molecule has 0 saturated heterocycles. The van der Waals surface area contributed by atoms with Crippen LogP contribution in [0, 0.1) is 23.2 Å². The Bertz CT molecular complexity index is 1350. The van der Waals surface area contributed by atoms with Gasteiger partial charge < -0.3 is 16.5 Å². The van der Waals surface area contributed by atoms with Crippen LogP contribution in [-0.4, -0.2) is 30.1 Å². The first-order valence-electron chi connectivity index (χ1n) is 10.7. The van der Waals surface area contributed by atoms with Gasteiger partial charge in [0.25, 0.3) is 10.0 Å². The Morgan fingerprint density at radius 1 is 1.23 bits per heavy atom. The average molecular weight is 436 g/mol. The summed E-state index contributed by atoms with van der Waals surface area (Å²) in [4.78, 5) is 0. The van der Waals surface area contributed by atoms with Crippen molar-refractivity contribution in [2.24, 2.45) is 17.8 Å². The average Bonchev–Trinajstić information content (AvgIpc) is 3.47. The first-order chi connectivity index (χ1) is 14.9. The van der Waals surface area contributed by atoms with Crippen molar-refractivity contribution in [1.29, 1.82) is 5.41 Å². The summed E-state index contributed by atoms with van der Waals surface area (Å²) in [6, 6.07) is 10.0. The molecular formula is C23H25N5O2S. The molecule has 0 amide bonds. The molecule has 2 aromatic carbocycles. The fraction of sp³-hybridized carbons (Fsp3) is 0.391. The highest BCUT2D eigenvalue weighted by atomic mass is 32.2. The van der Waals surface area contributed by atoms with E-state index in [1.807, 2.05) is 24.3 Å². The van der Waals surface area contributed by atoms with Gasteiger partial charge in [-0.1, -0.05) is 6.07 Å². The highest BCUT2D eigenvalue weighted by molar-refractivity contribution is 7.89. The molecule has 0 radical (unpaired) electrons.